The zero-order chi connectivity index (χ0) is 14.0. The second kappa shape index (κ2) is 6.14. The molecule has 0 saturated heterocycles. The van der Waals surface area contributed by atoms with Crippen molar-refractivity contribution in [2.45, 2.75) is 25.9 Å². The zero-order valence-electron chi connectivity index (χ0n) is 10.4. The van der Waals surface area contributed by atoms with Gasteiger partial charge in [0.25, 0.3) is 0 Å². The van der Waals surface area contributed by atoms with Crippen molar-refractivity contribution in [3.8, 4) is 0 Å². The summed E-state index contributed by atoms with van der Waals surface area (Å²) in [5.41, 5.74) is 7.78. The summed E-state index contributed by atoms with van der Waals surface area (Å²) in [6, 6.07) is 4.76. The number of halogens is 3. The third-order valence-electron chi connectivity index (χ3n) is 2.86. The van der Waals surface area contributed by atoms with E-state index in [9.17, 15) is 0 Å². The summed E-state index contributed by atoms with van der Waals surface area (Å²) in [7, 11) is 0. The number of hydrogen-bond acceptors (Lipinski definition) is 2. The molecular weight excluding hydrogens is 305 g/mol. The first-order chi connectivity index (χ1) is 9.04. The number of rotatable bonds is 4. The van der Waals surface area contributed by atoms with Crippen LogP contribution in [0.3, 0.4) is 0 Å². The van der Waals surface area contributed by atoms with Crippen LogP contribution in [0.15, 0.2) is 24.4 Å². The molecule has 0 aliphatic rings. The van der Waals surface area contributed by atoms with Crippen molar-refractivity contribution in [1.82, 2.24) is 9.78 Å². The SMILES string of the molecule is CCCn1ncc(Cl)c1C(N)c1cc(Cl)ccc1Cl. The normalized spacial score (nSPS) is 12.7. The monoisotopic (exact) mass is 317 g/mol. The fourth-order valence-electron chi connectivity index (χ4n) is 1.97. The van der Waals surface area contributed by atoms with Crippen molar-refractivity contribution >= 4 is 34.8 Å². The smallest absolute Gasteiger partial charge is 0.0837 e. The van der Waals surface area contributed by atoms with Crippen LogP contribution in [0.2, 0.25) is 15.1 Å². The number of hydrogen-bond donors (Lipinski definition) is 1. The van der Waals surface area contributed by atoms with Crippen molar-refractivity contribution in [2.75, 3.05) is 0 Å². The number of benzene rings is 1. The molecule has 2 rings (SSSR count). The summed E-state index contributed by atoms with van der Waals surface area (Å²) >= 11 is 18.3. The maximum atomic E-state index is 6.27. The van der Waals surface area contributed by atoms with Crippen LogP contribution in [0.5, 0.6) is 0 Å². The molecule has 0 amide bonds. The van der Waals surface area contributed by atoms with Gasteiger partial charge in [-0.1, -0.05) is 41.7 Å². The van der Waals surface area contributed by atoms with E-state index in [1.165, 1.54) is 0 Å². The van der Waals surface area contributed by atoms with Gasteiger partial charge in [-0.25, -0.2) is 0 Å². The third-order valence-corrected chi connectivity index (χ3v) is 3.73. The van der Waals surface area contributed by atoms with Crippen molar-refractivity contribution in [3.63, 3.8) is 0 Å². The van der Waals surface area contributed by atoms with Gasteiger partial charge in [0.2, 0.25) is 0 Å². The highest BCUT2D eigenvalue weighted by Crippen LogP contribution is 2.32. The lowest BCUT2D eigenvalue weighted by molar-refractivity contribution is 0.560. The van der Waals surface area contributed by atoms with Crippen LogP contribution in [-0.2, 0) is 6.54 Å². The maximum Gasteiger partial charge on any atom is 0.0837 e. The molecule has 6 heteroatoms. The van der Waals surface area contributed by atoms with E-state index in [-0.39, 0.29) is 0 Å². The molecule has 0 radical (unpaired) electrons. The predicted octanol–water partition coefficient (Wildman–Crippen LogP) is 4.30. The lowest BCUT2D eigenvalue weighted by Crippen LogP contribution is -2.18. The lowest BCUT2D eigenvalue weighted by Gasteiger charge is -2.16. The molecule has 1 aromatic carbocycles. The molecule has 19 heavy (non-hydrogen) atoms. The van der Waals surface area contributed by atoms with Gasteiger partial charge in [-0.2, -0.15) is 5.10 Å². The van der Waals surface area contributed by atoms with E-state index >= 15 is 0 Å². The molecule has 2 aromatic rings. The van der Waals surface area contributed by atoms with Crippen LogP contribution in [0.1, 0.15) is 30.6 Å². The number of aryl methyl sites for hydroxylation is 1. The minimum absolute atomic E-state index is 0.451. The third kappa shape index (κ3) is 3.06. The van der Waals surface area contributed by atoms with Crippen molar-refractivity contribution in [2.24, 2.45) is 5.73 Å². The lowest BCUT2D eigenvalue weighted by atomic mass is 10.0. The van der Waals surface area contributed by atoms with E-state index in [0.717, 1.165) is 24.2 Å². The fraction of sp³-hybridized carbons (Fsp3) is 0.308. The molecule has 1 atom stereocenters. The maximum absolute atomic E-state index is 6.27. The Morgan fingerprint density at radius 1 is 1.26 bits per heavy atom. The molecule has 2 N–H and O–H groups in total. The highest BCUT2D eigenvalue weighted by atomic mass is 35.5. The van der Waals surface area contributed by atoms with Gasteiger partial charge in [-0.3, -0.25) is 4.68 Å². The molecule has 0 fully saturated rings. The van der Waals surface area contributed by atoms with Gasteiger partial charge in [-0.05, 0) is 30.2 Å². The van der Waals surface area contributed by atoms with Gasteiger partial charge < -0.3 is 5.73 Å². The van der Waals surface area contributed by atoms with E-state index in [2.05, 4.69) is 12.0 Å². The van der Waals surface area contributed by atoms with E-state index in [0.29, 0.717) is 15.1 Å². The van der Waals surface area contributed by atoms with Gasteiger partial charge in [0.1, 0.15) is 0 Å². The summed E-state index contributed by atoms with van der Waals surface area (Å²) in [5.74, 6) is 0. The van der Waals surface area contributed by atoms with Crippen LogP contribution in [0.25, 0.3) is 0 Å². The molecular formula is C13H14Cl3N3. The molecule has 0 aliphatic carbocycles. The van der Waals surface area contributed by atoms with Crippen molar-refractivity contribution in [3.05, 3.63) is 50.7 Å². The summed E-state index contributed by atoms with van der Waals surface area (Å²) in [6.07, 6.45) is 2.55. The Kier molecular flexibility index (Phi) is 4.74. The average molecular weight is 319 g/mol. The molecule has 1 heterocycles. The Bertz CT molecular complexity index is 581. The molecule has 1 aromatic heterocycles. The molecule has 0 spiro atoms. The second-order valence-corrected chi connectivity index (χ2v) is 5.50. The Morgan fingerprint density at radius 3 is 2.68 bits per heavy atom. The van der Waals surface area contributed by atoms with Crippen LogP contribution in [0, 0.1) is 0 Å². The molecule has 102 valence electrons. The van der Waals surface area contributed by atoms with Gasteiger partial charge in [-0.15, -0.1) is 0 Å². The quantitative estimate of drug-likeness (QED) is 0.913. The van der Waals surface area contributed by atoms with Gasteiger partial charge in [0, 0.05) is 16.6 Å². The van der Waals surface area contributed by atoms with E-state index in [1.807, 2.05) is 4.68 Å². The zero-order valence-corrected chi connectivity index (χ0v) is 12.7. The molecule has 0 aliphatic heterocycles. The first-order valence-electron chi connectivity index (χ1n) is 5.96. The van der Waals surface area contributed by atoms with Gasteiger partial charge >= 0.3 is 0 Å². The first-order valence-corrected chi connectivity index (χ1v) is 7.09. The Balaban J connectivity index is 2.46. The molecule has 1 unspecified atom stereocenters. The molecule has 0 saturated carbocycles. The fourth-order valence-corrected chi connectivity index (χ4v) is 2.65. The summed E-state index contributed by atoms with van der Waals surface area (Å²) < 4.78 is 1.81. The topological polar surface area (TPSA) is 43.8 Å². The summed E-state index contributed by atoms with van der Waals surface area (Å²) in [4.78, 5) is 0. The largest absolute Gasteiger partial charge is 0.319 e. The Morgan fingerprint density at radius 2 is 2.00 bits per heavy atom. The second-order valence-electron chi connectivity index (χ2n) is 4.24. The van der Waals surface area contributed by atoms with Gasteiger partial charge in [0.05, 0.1) is 23.0 Å². The van der Waals surface area contributed by atoms with Crippen molar-refractivity contribution < 1.29 is 0 Å². The number of nitrogens with zero attached hydrogens (tertiary/aromatic N) is 2. The van der Waals surface area contributed by atoms with Crippen molar-refractivity contribution in [1.29, 1.82) is 0 Å². The predicted molar refractivity (Wildman–Crippen MR) is 80.0 cm³/mol. The first kappa shape index (κ1) is 14.7. The standard InChI is InChI=1S/C13H14Cl3N3/c1-2-5-19-13(11(16)7-18-19)12(17)9-6-8(14)3-4-10(9)15/h3-4,6-7,12H,2,5,17H2,1H3. The highest BCUT2D eigenvalue weighted by Gasteiger charge is 2.20. The number of aromatic nitrogens is 2. The van der Waals surface area contributed by atoms with Gasteiger partial charge in [0.15, 0.2) is 0 Å². The minimum atomic E-state index is -0.451. The van der Waals surface area contributed by atoms with E-state index in [4.69, 9.17) is 40.5 Å². The number of nitrogens with two attached hydrogens (primary N) is 1. The van der Waals surface area contributed by atoms with Crippen LogP contribution < -0.4 is 5.73 Å². The highest BCUT2D eigenvalue weighted by molar-refractivity contribution is 6.34. The minimum Gasteiger partial charge on any atom is -0.319 e. The Hall–Kier alpha value is -0.740. The van der Waals surface area contributed by atoms with Crippen LogP contribution >= 0.6 is 34.8 Å². The summed E-state index contributed by atoms with van der Waals surface area (Å²) in [5, 5.41) is 5.93. The molecule has 0 bridgehead atoms. The van der Waals surface area contributed by atoms with E-state index in [1.54, 1.807) is 24.4 Å². The van der Waals surface area contributed by atoms with Crippen LogP contribution in [-0.4, -0.2) is 9.78 Å². The van der Waals surface area contributed by atoms with E-state index < -0.39 is 6.04 Å². The van der Waals surface area contributed by atoms with Crippen LogP contribution in [0.4, 0.5) is 0 Å². The average Bonchev–Trinajstić information content (AvgIpc) is 2.73. The molecule has 3 nitrogen and oxygen atoms in total. The Labute approximate surface area is 127 Å². The summed E-state index contributed by atoms with van der Waals surface area (Å²) in [6.45, 7) is 2.82.